The zero-order valence-electron chi connectivity index (χ0n) is 10.5. The lowest BCUT2D eigenvalue weighted by molar-refractivity contribution is 0.179. The first-order valence-corrected chi connectivity index (χ1v) is 6.82. The summed E-state index contributed by atoms with van der Waals surface area (Å²) in [5.74, 6) is 1.28. The molecule has 94 valence electrons. The molecule has 0 aromatic rings. The third kappa shape index (κ3) is 3.19. The number of piperidine rings is 1. The molecule has 1 aliphatic carbocycles. The molecule has 1 heterocycles. The highest BCUT2D eigenvalue weighted by Gasteiger charge is 2.27. The Morgan fingerprint density at radius 1 is 1.19 bits per heavy atom. The molecule has 2 rings (SSSR count). The van der Waals surface area contributed by atoms with Crippen LogP contribution in [0.2, 0.25) is 0 Å². The van der Waals surface area contributed by atoms with Crippen molar-refractivity contribution < 1.29 is 5.11 Å². The molecule has 2 fully saturated rings. The summed E-state index contributed by atoms with van der Waals surface area (Å²) in [4.78, 5) is 2.42. The molecule has 0 radical (unpaired) electrons. The molecule has 3 atom stereocenters. The van der Waals surface area contributed by atoms with E-state index in [1.807, 2.05) is 0 Å². The van der Waals surface area contributed by atoms with Crippen molar-refractivity contribution in [1.82, 2.24) is 10.2 Å². The summed E-state index contributed by atoms with van der Waals surface area (Å²) in [6.45, 7) is 3.94. The monoisotopic (exact) mass is 226 g/mol. The van der Waals surface area contributed by atoms with E-state index in [1.54, 1.807) is 0 Å². The van der Waals surface area contributed by atoms with Crippen LogP contribution in [0.25, 0.3) is 0 Å². The van der Waals surface area contributed by atoms with Crippen LogP contribution in [0.15, 0.2) is 0 Å². The molecular formula is C13H26N2O. The summed E-state index contributed by atoms with van der Waals surface area (Å²) in [6.07, 6.45) is 6.49. The summed E-state index contributed by atoms with van der Waals surface area (Å²) in [5, 5.41) is 13.0. The van der Waals surface area contributed by atoms with E-state index in [2.05, 4.69) is 17.3 Å². The highest BCUT2D eigenvalue weighted by atomic mass is 16.3. The van der Waals surface area contributed by atoms with Crippen LogP contribution < -0.4 is 5.32 Å². The highest BCUT2D eigenvalue weighted by Crippen LogP contribution is 2.30. The summed E-state index contributed by atoms with van der Waals surface area (Å²) in [6, 6.07) is 0.679. The van der Waals surface area contributed by atoms with Crippen molar-refractivity contribution >= 4 is 0 Å². The molecule has 0 spiro atoms. The molecule has 1 aliphatic heterocycles. The molecule has 1 saturated heterocycles. The number of hydrogen-bond donors (Lipinski definition) is 2. The second-order valence-electron chi connectivity index (χ2n) is 5.64. The molecule has 16 heavy (non-hydrogen) atoms. The maximum atomic E-state index is 9.28. The zero-order chi connectivity index (χ0) is 11.4. The second kappa shape index (κ2) is 5.99. The normalized spacial score (nSPS) is 36.8. The number of aliphatic hydroxyl groups excluding tert-OH is 1. The lowest BCUT2D eigenvalue weighted by Gasteiger charge is -2.31. The van der Waals surface area contributed by atoms with Gasteiger partial charge in [0, 0.05) is 19.2 Å². The number of likely N-dealkylation sites (N-methyl/N-ethyl adjacent to an activating group) is 1. The summed E-state index contributed by atoms with van der Waals surface area (Å²) in [7, 11) is 2.21. The number of hydrogen-bond acceptors (Lipinski definition) is 3. The third-order valence-corrected chi connectivity index (χ3v) is 4.34. The van der Waals surface area contributed by atoms with Gasteiger partial charge in [0.1, 0.15) is 0 Å². The van der Waals surface area contributed by atoms with Gasteiger partial charge in [-0.25, -0.2) is 0 Å². The second-order valence-corrected chi connectivity index (χ2v) is 5.64. The fraction of sp³-hybridized carbons (Fsp3) is 1.00. The summed E-state index contributed by atoms with van der Waals surface area (Å²) < 4.78 is 0. The molecule has 3 nitrogen and oxygen atoms in total. The Morgan fingerprint density at radius 3 is 2.75 bits per heavy atom. The van der Waals surface area contributed by atoms with Gasteiger partial charge in [0.25, 0.3) is 0 Å². The topological polar surface area (TPSA) is 35.5 Å². The minimum absolute atomic E-state index is 0.386. The van der Waals surface area contributed by atoms with Gasteiger partial charge in [0.15, 0.2) is 0 Å². The van der Waals surface area contributed by atoms with Gasteiger partial charge in [-0.15, -0.1) is 0 Å². The molecule has 1 saturated carbocycles. The molecule has 2 N–H and O–H groups in total. The number of aliphatic hydroxyl groups is 1. The van der Waals surface area contributed by atoms with Crippen molar-refractivity contribution in [2.75, 3.05) is 33.3 Å². The van der Waals surface area contributed by atoms with Crippen LogP contribution in [0.4, 0.5) is 0 Å². The molecule has 2 aliphatic rings. The van der Waals surface area contributed by atoms with Gasteiger partial charge in [0.2, 0.25) is 0 Å². The first kappa shape index (κ1) is 12.3. The van der Waals surface area contributed by atoms with Crippen LogP contribution in [0, 0.1) is 11.8 Å². The maximum Gasteiger partial charge on any atom is 0.0462 e. The van der Waals surface area contributed by atoms with Gasteiger partial charge in [-0.2, -0.15) is 0 Å². The van der Waals surface area contributed by atoms with Crippen LogP contribution in [-0.2, 0) is 0 Å². The predicted molar refractivity (Wildman–Crippen MR) is 66.4 cm³/mol. The van der Waals surface area contributed by atoms with Crippen LogP contribution in [0.5, 0.6) is 0 Å². The minimum atomic E-state index is 0.386. The van der Waals surface area contributed by atoms with E-state index in [9.17, 15) is 5.11 Å². The zero-order valence-corrected chi connectivity index (χ0v) is 10.5. The maximum absolute atomic E-state index is 9.28. The Hall–Kier alpha value is -0.120. The van der Waals surface area contributed by atoms with E-state index in [4.69, 9.17) is 0 Å². The SMILES string of the molecule is CN1CCCC(NCC2CCCC2CO)C1. The molecule has 0 amide bonds. The molecule has 0 aromatic heterocycles. The lowest BCUT2D eigenvalue weighted by atomic mass is 9.96. The van der Waals surface area contributed by atoms with Crippen molar-refractivity contribution in [3.63, 3.8) is 0 Å². The van der Waals surface area contributed by atoms with Crippen molar-refractivity contribution in [1.29, 1.82) is 0 Å². The lowest BCUT2D eigenvalue weighted by Crippen LogP contribution is -2.45. The van der Waals surface area contributed by atoms with Gasteiger partial charge in [-0.05, 0) is 57.7 Å². The fourth-order valence-corrected chi connectivity index (χ4v) is 3.27. The van der Waals surface area contributed by atoms with E-state index in [0.29, 0.717) is 18.6 Å². The summed E-state index contributed by atoms with van der Waals surface area (Å²) >= 11 is 0. The Morgan fingerprint density at radius 2 is 2.00 bits per heavy atom. The van der Waals surface area contributed by atoms with Crippen LogP contribution >= 0.6 is 0 Å². The number of nitrogens with zero attached hydrogens (tertiary/aromatic N) is 1. The van der Waals surface area contributed by atoms with Gasteiger partial charge in [-0.1, -0.05) is 6.42 Å². The van der Waals surface area contributed by atoms with Gasteiger partial charge < -0.3 is 15.3 Å². The highest BCUT2D eigenvalue weighted by molar-refractivity contribution is 4.82. The average molecular weight is 226 g/mol. The molecule has 0 bridgehead atoms. The number of rotatable bonds is 4. The molecule has 3 unspecified atom stereocenters. The molecule has 0 aromatic carbocycles. The van der Waals surface area contributed by atoms with Crippen molar-refractivity contribution in [2.45, 2.75) is 38.1 Å². The van der Waals surface area contributed by atoms with E-state index in [0.717, 1.165) is 12.5 Å². The standard InChI is InChI=1S/C13H26N2O/c1-15-7-3-6-13(9-15)14-8-11-4-2-5-12(11)10-16/h11-14,16H,2-10H2,1H3. The Bertz CT molecular complexity index is 210. The van der Waals surface area contributed by atoms with Crippen molar-refractivity contribution in [3.05, 3.63) is 0 Å². The van der Waals surface area contributed by atoms with Crippen molar-refractivity contribution in [2.24, 2.45) is 11.8 Å². The quantitative estimate of drug-likeness (QED) is 0.753. The predicted octanol–water partition coefficient (Wildman–Crippen LogP) is 1.08. The van der Waals surface area contributed by atoms with Crippen LogP contribution in [-0.4, -0.2) is 49.3 Å². The first-order chi connectivity index (χ1) is 7.79. The van der Waals surface area contributed by atoms with Crippen molar-refractivity contribution in [3.8, 4) is 0 Å². The Kier molecular flexibility index (Phi) is 4.62. The minimum Gasteiger partial charge on any atom is -0.396 e. The van der Waals surface area contributed by atoms with E-state index >= 15 is 0 Å². The first-order valence-electron chi connectivity index (χ1n) is 6.82. The van der Waals surface area contributed by atoms with Crippen LogP contribution in [0.3, 0.4) is 0 Å². The van der Waals surface area contributed by atoms with E-state index in [1.165, 1.54) is 45.2 Å². The largest absolute Gasteiger partial charge is 0.396 e. The molecular weight excluding hydrogens is 200 g/mol. The van der Waals surface area contributed by atoms with Gasteiger partial charge in [0.05, 0.1) is 0 Å². The van der Waals surface area contributed by atoms with E-state index < -0.39 is 0 Å². The molecule has 3 heteroatoms. The smallest absolute Gasteiger partial charge is 0.0462 e. The Labute approximate surface area is 99.2 Å². The van der Waals surface area contributed by atoms with Gasteiger partial charge >= 0.3 is 0 Å². The average Bonchev–Trinajstić information content (AvgIpc) is 2.74. The number of nitrogens with one attached hydrogen (secondary N) is 1. The van der Waals surface area contributed by atoms with Crippen LogP contribution in [0.1, 0.15) is 32.1 Å². The van der Waals surface area contributed by atoms with Gasteiger partial charge in [-0.3, -0.25) is 0 Å². The number of likely N-dealkylation sites (tertiary alicyclic amines) is 1. The summed E-state index contributed by atoms with van der Waals surface area (Å²) in [5.41, 5.74) is 0. The third-order valence-electron chi connectivity index (χ3n) is 4.34. The Balaban J connectivity index is 1.70. The fourth-order valence-electron chi connectivity index (χ4n) is 3.27. The van der Waals surface area contributed by atoms with E-state index in [-0.39, 0.29) is 0 Å².